The number of halogens is 3. The van der Waals surface area contributed by atoms with E-state index in [1.165, 1.54) is 18.2 Å². The third-order valence-corrected chi connectivity index (χ3v) is 3.48. The molecule has 1 N–H and O–H groups in total. The van der Waals surface area contributed by atoms with Crippen LogP contribution in [0.25, 0.3) is 0 Å². The molecule has 0 aliphatic heterocycles. The van der Waals surface area contributed by atoms with Crippen molar-refractivity contribution in [1.82, 2.24) is 5.32 Å². The molecule has 1 aromatic carbocycles. The van der Waals surface area contributed by atoms with Crippen molar-refractivity contribution < 1.29 is 9.18 Å². The van der Waals surface area contributed by atoms with Crippen LogP contribution in [0.15, 0.2) is 22.7 Å². The lowest BCUT2D eigenvalue weighted by Crippen LogP contribution is -2.34. The lowest BCUT2D eigenvalue weighted by molar-refractivity contribution is 0.0935. The van der Waals surface area contributed by atoms with Crippen LogP contribution in [0.1, 0.15) is 30.6 Å². The van der Waals surface area contributed by atoms with Crippen molar-refractivity contribution in [3.05, 3.63) is 34.1 Å². The highest BCUT2D eigenvalue weighted by atomic mass is 79.9. The predicted molar refractivity (Wildman–Crippen MR) is 75.6 cm³/mol. The van der Waals surface area contributed by atoms with E-state index in [1.807, 2.05) is 13.8 Å². The summed E-state index contributed by atoms with van der Waals surface area (Å²) in [5, 5.41) is 2.83. The van der Waals surface area contributed by atoms with Gasteiger partial charge in [-0.25, -0.2) is 4.39 Å². The summed E-state index contributed by atoms with van der Waals surface area (Å²) < 4.78 is 13.3. The summed E-state index contributed by atoms with van der Waals surface area (Å²) in [5.74, 6) is -0.0299. The summed E-state index contributed by atoms with van der Waals surface area (Å²) in [7, 11) is 0. The van der Waals surface area contributed by atoms with E-state index >= 15 is 0 Å². The Morgan fingerprint density at radius 2 is 2.17 bits per heavy atom. The van der Waals surface area contributed by atoms with Crippen LogP contribution in [0.5, 0.6) is 0 Å². The van der Waals surface area contributed by atoms with Gasteiger partial charge in [0.1, 0.15) is 5.82 Å². The second-order valence-corrected chi connectivity index (χ2v) is 6.15. The van der Waals surface area contributed by atoms with Gasteiger partial charge < -0.3 is 5.32 Å². The first-order valence-corrected chi connectivity index (χ1v) is 6.98. The maximum Gasteiger partial charge on any atom is 0.251 e. The van der Waals surface area contributed by atoms with Gasteiger partial charge in [-0.1, -0.05) is 13.8 Å². The number of carbonyl (C=O) groups excluding carboxylic acids is 1. The highest BCUT2D eigenvalue weighted by Crippen LogP contribution is 2.20. The van der Waals surface area contributed by atoms with Gasteiger partial charge in [-0.15, -0.1) is 11.6 Å². The molecule has 5 heteroatoms. The zero-order valence-electron chi connectivity index (χ0n) is 10.4. The van der Waals surface area contributed by atoms with Gasteiger partial charge in [-0.3, -0.25) is 4.79 Å². The minimum absolute atomic E-state index is 0.0470. The van der Waals surface area contributed by atoms with Gasteiger partial charge in [-0.05, 0) is 46.0 Å². The van der Waals surface area contributed by atoms with Crippen molar-refractivity contribution in [3.63, 3.8) is 0 Å². The molecule has 0 saturated heterocycles. The molecule has 0 aromatic heterocycles. The SMILES string of the molecule is CC(C)(CCCl)CNC(=O)c1ccc(F)c(Br)c1. The number of benzene rings is 1. The van der Waals surface area contributed by atoms with Crippen LogP contribution in [0.3, 0.4) is 0 Å². The minimum atomic E-state index is -0.381. The van der Waals surface area contributed by atoms with Crippen molar-refractivity contribution in [3.8, 4) is 0 Å². The number of rotatable bonds is 5. The first kappa shape index (κ1) is 15.4. The van der Waals surface area contributed by atoms with E-state index in [-0.39, 0.29) is 21.6 Å². The fourth-order valence-corrected chi connectivity index (χ4v) is 2.29. The molecule has 0 bridgehead atoms. The van der Waals surface area contributed by atoms with Gasteiger partial charge in [0, 0.05) is 18.0 Å². The van der Waals surface area contributed by atoms with E-state index < -0.39 is 0 Å². The van der Waals surface area contributed by atoms with E-state index in [4.69, 9.17) is 11.6 Å². The Kier molecular flexibility index (Phi) is 5.60. The molecule has 2 nitrogen and oxygen atoms in total. The molecule has 100 valence electrons. The average molecular weight is 337 g/mol. The highest BCUT2D eigenvalue weighted by molar-refractivity contribution is 9.10. The van der Waals surface area contributed by atoms with Gasteiger partial charge in [0.2, 0.25) is 0 Å². The van der Waals surface area contributed by atoms with Crippen LogP contribution in [-0.4, -0.2) is 18.3 Å². The average Bonchev–Trinajstić information content (AvgIpc) is 2.30. The Labute approximate surface area is 120 Å². The van der Waals surface area contributed by atoms with Gasteiger partial charge in [0.15, 0.2) is 0 Å². The van der Waals surface area contributed by atoms with Crippen LogP contribution < -0.4 is 5.32 Å². The third-order valence-electron chi connectivity index (χ3n) is 2.68. The summed E-state index contributed by atoms with van der Waals surface area (Å²) >= 11 is 8.75. The summed E-state index contributed by atoms with van der Waals surface area (Å²) in [4.78, 5) is 11.9. The fraction of sp³-hybridized carbons (Fsp3) is 0.462. The molecule has 1 aromatic rings. The van der Waals surface area contributed by atoms with Crippen LogP contribution in [0, 0.1) is 11.2 Å². The summed E-state index contributed by atoms with van der Waals surface area (Å²) in [6.45, 7) is 4.61. The minimum Gasteiger partial charge on any atom is -0.352 e. The van der Waals surface area contributed by atoms with E-state index in [9.17, 15) is 9.18 Å². The molecular formula is C13H16BrClFNO. The Bertz CT molecular complexity index is 437. The first-order valence-electron chi connectivity index (χ1n) is 5.65. The maximum absolute atomic E-state index is 13.0. The molecule has 0 aliphatic rings. The van der Waals surface area contributed by atoms with Gasteiger partial charge in [0.05, 0.1) is 4.47 Å². The number of hydrogen-bond acceptors (Lipinski definition) is 1. The second-order valence-electron chi connectivity index (χ2n) is 4.91. The lowest BCUT2D eigenvalue weighted by atomic mass is 9.90. The summed E-state index contributed by atoms with van der Waals surface area (Å²) in [6.07, 6.45) is 0.821. The Balaban J connectivity index is 2.63. The standard InChI is InChI=1S/C13H16BrClFNO/c1-13(2,5-6-15)8-17-12(18)9-3-4-11(16)10(14)7-9/h3-4,7H,5-6,8H2,1-2H3,(H,17,18). The largest absolute Gasteiger partial charge is 0.352 e. The van der Waals surface area contributed by atoms with Crippen molar-refractivity contribution in [2.75, 3.05) is 12.4 Å². The molecule has 0 unspecified atom stereocenters. The topological polar surface area (TPSA) is 29.1 Å². The predicted octanol–water partition coefficient (Wildman–Crippen LogP) is 3.97. The Morgan fingerprint density at radius 1 is 1.50 bits per heavy atom. The van der Waals surface area contributed by atoms with Crippen LogP contribution in [0.4, 0.5) is 4.39 Å². The van der Waals surface area contributed by atoms with Crippen molar-refractivity contribution >= 4 is 33.4 Å². The number of hydrogen-bond donors (Lipinski definition) is 1. The summed E-state index contributed by atoms with van der Waals surface area (Å²) in [5.41, 5.74) is 0.388. The van der Waals surface area contributed by atoms with Gasteiger partial charge >= 0.3 is 0 Å². The van der Waals surface area contributed by atoms with Crippen molar-refractivity contribution in [1.29, 1.82) is 0 Å². The van der Waals surface area contributed by atoms with Crippen molar-refractivity contribution in [2.45, 2.75) is 20.3 Å². The summed E-state index contributed by atoms with van der Waals surface area (Å²) in [6, 6.07) is 4.20. The van der Waals surface area contributed by atoms with Gasteiger partial charge in [0.25, 0.3) is 5.91 Å². The fourth-order valence-electron chi connectivity index (χ4n) is 1.40. The molecule has 0 heterocycles. The molecule has 0 aliphatic carbocycles. The molecule has 0 radical (unpaired) electrons. The molecule has 0 fully saturated rings. The first-order chi connectivity index (χ1) is 8.35. The third kappa shape index (κ3) is 4.58. The lowest BCUT2D eigenvalue weighted by Gasteiger charge is -2.23. The highest BCUT2D eigenvalue weighted by Gasteiger charge is 2.18. The Hall–Kier alpha value is -0.610. The monoisotopic (exact) mass is 335 g/mol. The number of nitrogens with one attached hydrogen (secondary N) is 1. The zero-order valence-corrected chi connectivity index (χ0v) is 12.7. The number of amides is 1. The molecule has 1 amide bonds. The maximum atomic E-state index is 13.0. The van der Waals surface area contributed by atoms with E-state index in [0.717, 1.165) is 6.42 Å². The molecule has 0 saturated carbocycles. The van der Waals surface area contributed by atoms with Crippen LogP contribution in [0.2, 0.25) is 0 Å². The van der Waals surface area contributed by atoms with E-state index in [0.29, 0.717) is 18.0 Å². The quantitative estimate of drug-likeness (QED) is 0.810. The van der Waals surface area contributed by atoms with Crippen LogP contribution in [-0.2, 0) is 0 Å². The molecule has 0 spiro atoms. The van der Waals surface area contributed by atoms with Crippen LogP contribution >= 0.6 is 27.5 Å². The molecular weight excluding hydrogens is 321 g/mol. The van der Waals surface area contributed by atoms with Gasteiger partial charge in [-0.2, -0.15) is 0 Å². The smallest absolute Gasteiger partial charge is 0.251 e. The number of alkyl halides is 1. The van der Waals surface area contributed by atoms with Crippen molar-refractivity contribution in [2.24, 2.45) is 5.41 Å². The molecule has 18 heavy (non-hydrogen) atoms. The van der Waals surface area contributed by atoms with E-state index in [1.54, 1.807) is 0 Å². The molecule has 1 rings (SSSR count). The number of carbonyl (C=O) groups is 1. The zero-order chi connectivity index (χ0) is 13.8. The van der Waals surface area contributed by atoms with E-state index in [2.05, 4.69) is 21.2 Å². The second kappa shape index (κ2) is 6.53. The molecule has 0 atom stereocenters. The Morgan fingerprint density at radius 3 is 2.72 bits per heavy atom. The normalized spacial score (nSPS) is 11.4.